The molecule has 0 saturated heterocycles. The minimum Gasteiger partial charge on any atom is -0.493 e. The average Bonchev–Trinajstić information content (AvgIpc) is 2.88. The second-order valence-electron chi connectivity index (χ2n) is 8.51. The van der Waals surface area contributed by atoms with Crippen LogP contribution in [0.15, 0.2) is 54.9 Å². The number of ether oxygens (including phenoxy) is 5. The van der Waals surface area contributed by atoms with E-state index < -0.39 is 6.09 Å². The van der Waals surface area contributed by atoms with E-state index in [1.54, 1.807) is 57.7 Å². The number of benzene rings is 2. The van der Waals surface area contributed by atoms with E-state index in [0.29, 0.717) is 39.7 Å². The highest BCUT2D eigenvalue weighted by molar-refractivity contribution is 5.87. The fourth-order valence-electron chi connectivity index (χ4n) is 4.07. The summed E-state index contributed by atoms with van der Waals surface area (Å²) in [6.45, 7) is 2.32. The Labute approximate surface area is 204 Å². The second-order valence-corrected chi connectivity index (χ2v) is 8.51. The summed E-state index contributed by atoms with van der Waals surface area (Å²) >= 11 is 0. The SMILES string of the molecule is COc1cc2ncnc(Oc3ccc(NC(=O)OCC4(C)CCC=CC4OC)cc3)c2cc1OC. The Morgan fingerprint density at radius 1 is 1.09 bits per heavy atom. The molecule has 9 nitrogen and oxygen atoms in total. The highest BCUT2D eigenvalue weighted by Gasteiger charge is 2.36. The van der Waals surface area contributed by atoms with Crippen molar-refractivity contribution in [3.05, 3.63) is 54.9 Å². The van der Waals surface area contributed by atoms with Crippen LogP contribution in [0.3, 0.4) is 0 Å². The monoisotopic (exact) mass is 479 g/mol. The molecule has 2 aromatic carbocycles. The lowest BCUT2D eigenvalue weighted by Crippen LogP contribution is -2.39. The largest absolute Gasteiger partial charge is 0.493 e. The van der Waals surface area contributed by atoms with Crippen molar-refractivity contribution in [1.29, 1.82) is 0 Å². The molecule has 0 saturated carbocycles. The van der Waals surface area contributed by atoms with Gasteiger partial charge >= 0.3 is 6.09 Å². The maximum absolute atomic E-state index is 12.4. The zero-order chi connectivity index (χ0) is 24.8. The van der Waals surface area contributed by atoms with Crippen LogP contribution in [0.4, 0.5) is 10.5 Å². The second kappa shape index (κ2) is 10.6. The van der Waals surface area contributed by atoms with Crippen LogP contribution in [0, 0.1) is 5.41 Å². The Morgan fingerprint density at radius 2 is 1.83 bits per heavy atom. The lowest BCUT2D eigenvalue weighted by Gasteiger charge is -2.36. The summed E-state index contributed by atoms with van der Waals surface area (Å²) in [5, 5.41) is 3.43. The molecule has 1 heterocycles. The summed E-state index contributed by atoms with van der Waals surface area (Å²) in [5.74, 6) is 2.04. The van der Waals surface area contributed by atoms with Gasteiger partial charge in [0.2, 0.25) is 5.88 Å². The molecule has 0 aliphatic heterocycles. The maximum Gasteiger partial charge on any atom is 0.411 e. The van der Waals surface area contributed by atoms with Gasteiger partial charge in [-0.05, 0) is 43.2 Å². The number of allylic oxidation sites excluding steroid dienone is 1. The van der Waals surface area contributed by atoms with Gasteiger partial charge in [-0.15, -0.1) is 0 Å². The molecular weight excluding hydrogens is 450 g/mol. The summed E-state index contributed by atoms with van der Waals surface area (Å²) in [6, 6.07) is 10.5. The van der Waals surface area contributed by atoms with E-state index in [0.717, 1.165) is 12.8 Å². The van der Waals surface area contributed by atoms with Gasteiger partial charge in [-0.3, -0.25) is 5.32 Å². The number of fused-ring (bicyclic) bond motifs is 1. The number of nitrogens with zero attached hydrogens (tertiary/aromatic N) is 2. The number of anilines is 1. The Kier molecular flexibility index (Phi) is 7.36. The van der Waals surface area contributed by atoms with Crippen molar-refractivity contribution in [1.82, 2.24) is 9.97 Å². The van der Waals surface area contributed by atoms with Crippen molar-refractivity contribution in [3.63, 3.8) is 0 Å². The third-order valence-electron chi connectivity index (χ3n) is 6.09. The number of carbonyl (C=O) groups excluding carboxylic acids is 1. The molecule has 1 N–H and O–H groups in total. The van der Waals surface area contributed by atoms with Gasteiger partial charge in [0.15, 0.2) is 11.5 Å². The van der Waals surface area contributed by atoms with E-state index in [1.165, 1.54) is 6.33 Å². The Balaban J connectivity index is 1.40. The summed E-state index contributed by atoms with van der Waals surface area (Å²) in [7, 11) is 4.80. The number of amides is 1. The molecule has 2 atom stereocenters. The fraction of sp³-hybridized carbons (Fsp3) is 0.346. The molecule has 0 fully saturated rings. The summed E-state index contributed by atoms with van der Waals surface area (Å²) < 4.78 is 27.7. The van der Waals surface area contributed by atoms with E-state index in [9.17, 15) is 4.79 Å². The molecule has 1 amide bonds. The van der Waals surface area contributed by atoms with Crippen molar-refractivity contribution in [3.8, 4) is 23.1 Å². The van der Waals surface area contributed by atoms with Crippen molar-refractivity contribution in [2.24, 2.45) is 5.41 Å². The Bertz CT molecular complexity index is 1210. The van der Waals surface area contributed by atoms with Crippen LogP contribution >= 0.6 is 0 Å². The minimum absolute atomic E-state index is 0.0839. The van der Waals surface area contributed by atoms with Crippen LogP contribution in [0.25, 0.3) is 10.9 Å². The Hall–Kier alpha value is -3.85. The van der Waals surface area contributed by atoms with Gasteiger partial charge in [0.05, 0.1) is 31.2 Å². The zero-order valence-electron chi connectivity index (χ0n) is 20.2. The van der Waals surface area contributed by atoms with Gasteiger partial charge in [0, 0.05) is 24.3 Å². The van der Waals surface area contributed by atoms with E-state index in [4.69, 9.17) is 23.7 Å². The van der Waals surface area contributed by atoms with E-state index in [2.05, 4.69) is 28.3 Å². The average molecular weight is 480 g/mol. The molecule has 1 aromatic heterocycles. The number of carbonyl (C=O) groups is 1. The Morgan fingerprint density at radius 3 is 2.54 bits per heavy atom. The van der Waals surface area contributed by atoms with E-state index in [-0.39, 0.29) is 18.1 Å². The molecule has 1 aliphatic carbocycles. The molecule has 0 spiro atoms. The smallest absolute Gasteiger partial charge is 0.411 e. The van der Waals surface area contributed by atoms with Gasteiger partial charge < -0.3 is 23.7 Å². The number of hydrogen-bond acceptors (Lipinski definition) is 8. The first-order valence-electron chi connectivity index (χ1n) is 11.2. The summed E-state index contributed by atoms with van der Waals surface area (Å²) in [6.07, 6.45) is 6.76. The first-order valence-corrected chi connectivity index (χ1v) is 11.2. The van der Waals surface area contributed by atoms with Crippen LogP contribution < -0.4 is 19.5 Å². The summed E-state index contributed by atoms with van der Waals surface area (Å²) in [4.78, 5) is 20.9. The first kappa shape index (κ1) is 24.3. The predicted octanol–water partition coefficient (Wildman–Crippen LogP) is 5.36. The van der Waals surface area contributed by atoms with Crippen LogP contribution in [0.2, 0.25) is 0 Å². The third-order valence-corrected chi connectivity index (χ3v) is 6.09. The normalized spacial score (nSPS) is 19.3. The molecule has 1 aliphatic rings. The lowest BCUT2D eigenvalue weighted by atomic mass is 9.77. The third kappa shape index (κ3) is 5.46. The maximum atomic E-state index is 12.4. The number of nitrogens with one attached hydrogen (secondary N) is 1. The van der Waals surface area contributed by atoms with Gasteiger partial charge in [0.1, 0.15) is 18.7 Å². The van der Waals surface area contributed by atoms with Crippen molar-refractivity contribution < 1.29 is 28.5 Å². The highest BCUT2D eigenvalue weighted by atomic mass is 16.6. The quantitative estimate of drug-likeness (QED) is 0.431. The van der Waals surface area contributed by atoms with Gasteiger partial charge in [0.25, 0.3) is 0 Å². The molecule has 35 heavy (non-hydrogen) atoms. The fourth-order valence-corrected chi connectivity index (χ4v) is 4.07. The summed E-state index contributed by atoms with van der Waals surface area (Å²) in [5.41, 5.74) is 0.982. The first-order chi connectivity index (χ1) is 17.0. The number of hydrogen-bond donors (Lipinski definition) is 1. The molecule has 4 rings (SSSR count). The highest BCUT2D eigenvalue weighted by Crippen LogP contribution is 2.36. The van der Waals surface area contributed by atoms with Crippen molar-refractivity contribution >= 4 is 22.7 Å². The molecular formula is C26H29N3O6. The van der Waals surface area contributed by atoms with E-state index in [1.807, 2.05) is 6.08 Å². The van der Waals surface area contributed by atoms with Crippen molar-refractivity contribution in [2.75, 3.05) is 33.3 Å². The van der Waals surface area contributed by atoms with Crippen LogP contribution in [0.1, 0.15) is 19.8 Å². The van der Waals surface area contributed by atoms with Gasteiger partial charge in [-0.2, -0.15) is 0 Å². The number of methoxy groups -OCH3 is 3. The van der Waals surface area contributed by atoms with Crippen molar-refractivity contribution in [2.45, 2.75) is 25.9 Å². The molecule has 9 heteroatoms. The molecule has 0 radical (unpaired) electrons. The van der Waals surface area contributed by atoms with Crippen LogP contribution in [-0.4, -0.2) is 50.1 Å². The van der Waals surface area contributed by atoms with E-state index >= 15 is 0 Å². The molecule has 3 aromatic rings. The topological polar surface area (TPSA) is 101 Å². The predicted molar refractivity (Wildman–Crippen MR) is 131 cm³/mol. The molecule has 2 unspecified atom stereocenters. The van der Waals surface area contributed by atoms with Crippen LogP contribution in [-0.2, 0) is 9.47 Å². The molecule has 0 bridgehead atoms. The number of rotatable bonds is 8. The van der Waals surface area contributed by atoms with Crippen LogP contribution in [0.5, 0.6) is 23.1 Å². The molecule has 184 valence electrons. The lowest BCUT2D eigenvalue weighted by molar-refractivity contribution is -0.0182. The van der Waals surface area contributed by atoms with Gasteiger partial charge in [-0.25, -0.2) is 14.8 Å². The number of aromatic nitrogens is 2. The zero-order valence-corrected chi connectivity index (χ0v) is 20.2. The van der Waals surface area contributed by atoms with Gasteiger partial charge in [-0.1, -0.05) is 19.1 Å². The standard InChI is InChI=1S/C26H29N3O6/c1-26(12-6-5-7-23(26)33-4)15-34-25(30)29-17-8-10-18(11-9-17)35-24-19-13-21(31-2)22(32-3)14-20(19)27-16-28-24/h5,7-11,13-14,16,23H,6,12,15H2,1-4H3,(H,29,30). The minimum atomic E-state index is -0.521.